The summed E-state index contributed by atoms with van der Waals surface area (Å²) in [5.41, 5.74) is 1.49. The number of nitrogens with one attached hydrogen (secondary N) is 1. The minimum atomic E-state index is -3.91. The van der Waals surface area contributed by atoms with Gasteiger partial charge in [0.1, 0.15) is 5.75 Å². The maximum atomic E-state index is 13.3. The molecule has 0 bridgehead atoms. The molecule has 0 aliphatic carbocycles. The number of hydrogen-bond acceptors (Lipinski definition) is 9. The monoisotopic (exact) mass is 596 g/mol. The standard InChI is InChI=1S/C30H32N2O9S/c1-37-24-8-10-25(11-9-24)42(35,36)32(13-15-33)14-16-38-29-19-22(21-7-12-26-27(17-21)40-20-39-26)18-28(41-29)30(34)31-23-5-3-2-4-6-23/h2-12,17-18,22,29,33H,13-16,19-20H2,1H3,(H,31,34)/t22-,29+/m0/s1. The third-order valence-corrected chi connectivity index (χ3v) is 8.74. The fraction of sp³-hybridized carbons (Fsp3) is 0.300. The average Bonchev–Trinajstić information content (AvgIpc) is 3.49. The lowest BCUT2D eigenvalue weighted by atomic mass is 9.92. The van der Waals surface area contributed by atoms with Crippen LogP contribution in [0, 0.1) is 0 Å². The molecule has 2 heterocycles. The van der Waals surface area contributed by atoms with E-state index < -0.39 is 22.2 Å². The van der Waals surface area contributed by atoms with Gasteiger partial charge >= 0.3 is 0 Å². The van der Waals surface area contributed by atoms with Gasteiger partial charge in [-0.05, 0) is 60.2 Å². The Morgan fingerprint density at radius 3 is 2.52 bits per heavy atom. The Morgan fingerprint density at radius 2 is 1.79 bits per heavy atom. The molecule has 42 heavy (non-hydrogen) atoms. The van der Waals surface area contributed by atoms with Crippen molar-refractivity contribution in [3.8, 4) is 17.2 Å². The second kappa shape index (κ2) is 13.3. The van der Waals surface area contributed by atoms with E-state index in [0.29, 0.717) is 29.4 Å². The highest BCUT2D eigenvalue weighted by Crippen LogP contribution is 2.38. The smallest absolute Gasteiger partial charge is 0.290 e. The Bertz CT molecular complexity index is 1510. The molecule has 3 aromatic rings. The number of fused-ring (bicyclic) bond motifs is 1. The molecule has 1 amide bonds. The summed E-state index contributed by atoms with van der Waals surface area (Å²) in [5, 5.41) is 12.4. The lowest BCUT2D eigenvalue weighted by molar-refractivity contribution is -0.143. The molecule has 3 aromatic carbocycles. The van der Waals surface area contributed by atoms with Gasteiger partial charge in [-0.15, -0.1) is 0 Å². The van der Waals surface area contributed by atoms with Gasteiger partial charge in [0.25, 0.3) is 5.91 Å². The number of rotatable bonds is 12. The van der Waals surface area contributed by atoms with E-state index in [9.17, 15) is 18.3 Å². The van der Waals surface area contributed by atoms with Crippen molar-refractivity contribution in [3.05, 3.63) is 90.2 Å². The van der Waals surface area contributed by atoms with Crippen molar-refractivity contribution in [1.29, 1.82) is 0 Å². The summed E-state index contributed by atoms with van der Waals surface area (Å²) in [7, 11) is -2.42. The number of carbonyl (C=O) groups is 1. The van der Waals surface area contributed by atoms with Crippen LogP contribution in [0.25, 0.3) is 0 Å². The number of hydrogen-bond donors (Lipinski definition) is 2. The molecule has 2 aliphatic heterocycles. The summed E-state index contributed by atoms with van der Waals surface area (Å²) in [4.78, 5) is 13.2. The molecule has 0 unspecified atom stereocenters. The molecule has 0 fully saturated rings. The SMILES string of the molecule is COc1ccc(S(=O)(=O)N(CCO)CCO[C@H]2C[C@@H](c3ccc4c(c3)OCO4)C=C(C(=O)Nc3ccccc3)O2)cc1. The molecule has 2 atom stereocenters. The second-order valence-corrected chi connectivity index (χ2v) is 11.5. The van der Waals surface area contributed by atoms with E-state index in [-0.39, 0.29) is 49.7 Å². The van der Waals surface area contributed by atoms with E-state index in [0.717, 1.165) is 9.87 Å². The summed E-state index contributed by atoms with van der Waals surface area (Å²) < 4.78 is 55.7. The van der Waals surface area contributed by atoms with Crippen LogP contribution in [0.15, 0.2) is 89.5 Å². The van der Waals surface area contributed by atoms with E-state index in [4.69, 9.17) is 23.7 Å². The van der Waals surface area contributed by atoms with Crippen molar-refractivity contribution in [3.63, 3.8) is 0 Å². The predicted octanol–water partition coefficient (Wildman–Crippen LogP) is 3.48. The summed E-state index contributed by atoms with van der Waals surface area (Å²) in [6.45, 7) is -0.426. The number of anilines is 1. The van der Waals surface area contributed by atoms with Gasteiger partial charge in [-0.25, -0.2) is 8.42 Å². The Labute approximate surface area is 244 Å². The van der Waals surface area contributed by atoms with Crippen molar-refractivity contribution in [2.24, 2.45) is 0 Å². The van der Waals surface area contributed by atoms with Crippen molar-refractivity contribution in [1.82, 2.24) is 4.31 Å². The molecule has 2 aliphatic rings. The van der Waals surface area contributed by atoms with Gasteiger partial charge in [0.15, 0.2) is 17.3 Å². The van der Waals surface area contributed by atoms with Crippen molar-refractivity contribution < 1.29 is 42.0 Å². The zero-order valence-electron chi connectivity index (χ0n) is 23.0. The van der Waals surface area contributed by atoms with Gasteiger partial charge in [-0.2, -0.15) is 4.31 Å². The van der Waals surface area contributed by atoms with E-state index in [1.54, 1.807) is 30.3 Å². The zero-order valence-corrected chi connectivity index (χ0v) is 23.8. The van der Waals surface area contributed by atoms with Crippen LogP contribution >= 0.6 is 0 Å². The Kier molecular flexibility index (Phi) is 9.28. The molecule has 222 valence electrons. The van der Waals surface area contributed by atoms with Gasteiger partial charge in [0.2, 0.25) is 23.1 Å². The van der Waals surface area contributed by atoms with Crippen LogP contribution < -0.4 is 19.5 Å². The first-order valence-electron chi connectivity index (χ1n) is 13.4. The van der Waals surface area contributed by atoms with Gasteiger partial charge < -0.3 is 34.1 Å². The molecule has 0 aromatic heterocycles. The minimum absolute atomic E-state index is 0.0402. The number of methoxy groups -OCH3 is 1. The fourth-order valence-electron chi connectivity index (χ4n) is 4.66. The number of aliphatic hydroxyl groups is 1. The molecule has 11 nitrogen and oxygen atoms in total. The second-order valence-electron chi connectivity index (χ2n) is 9.53. The van der Waals surface area contributed by atoms with Gasteiger partial charge in [-0.3, -0.25) is 4.79 Å². The molecule has 12 heteroatoms. The number of aliphatic hydroxyl groups excluding tert-OH is 1. The lowest BCUT2D eigenvalue weighted by Gasteiger charge is -2.30. The van der Waals surface area contributed by atoms with Crippen molar-refractivity contribution in [2.75, 3.05) is 45.5 Å². The molecular formula is C30H32N2O9S. The highest BCUT2D eigenvalue weighted by atomic mass is 32.2. The number of ether oxygens (including phenoxy) is 5. The molecule has 5 rings (SSSR count). The first kappa shape index (κ1) is 29.4. The molecule has 0 saturated heterocycles. The number of para-hydroxylation sites is 1. The van der Waals surface area contributed by atoms with Crippen LogP contribution in [0.5, 0.6) is 17.2 Å². The Morgan fingerprint density at radius 1 is 1.02 bits per heavy atom. The maximum Gasteiger partial charge on any atom is 0.290 e. The lowest BCUT2D eigenvalue weighted by Crippen LogP contribution is -2.37. The molecule has 0 spiro atoms. The average molecular weight is 597 g/mol. The van der Waals surface area contributed by atoms with Crippen molar-refractivity contribution in [2.45, 2.75) is 23.5 Å². The number of benzene rings is 3. The summed E-state index contributed by atoms with van der Waals surface area (Å²) in [6.07, 6.45) is 1.26. The molecule has 0 radical (unpaired) electrons. The Hall–Kier alpha value is -4.10. The van der Waals surface area contributed by atoms with Crippen molar-refractivity contribution >= 4 is 21.6 Å². The van der Waals surface area contributed by atoms with Crippen LogP contribution in [0.4, 0.5) is 5.69 Å². The fourth-order valence-corrected chi connectivity index (χ4v) is 6.07. The van der Waals surface area contributed by atoms with Gasteiger partial charge in [0, 0.05) is 31.1 Å². The van der Waals surface area contributed by atoms with Crippen LogP contribution in [0.1, 0.15) is 17.9 Å². The van der Waals surface area contributed by atoms with E-state index >= 15 is 0 Å². The molecule has 2 N–H and O–H groups in total. The topological polar surface area (TPSA) is 133 Å². The normalized spacial score (nSPS) is 17.8. The minimum Gasteiger partial charge on any atom is -0.497 e. The van der Waals surface area contributed by atoms with Crippen LogP contribution in [-0.2, 0) is 24.3 Å². The van der Waals surface area contributed by atoms with E-state index in [1.807, 2.05) is 36.4 Å². The highest BCUT2D eigenvalue weighted by Gasteiger charge is 2.31. The third kappa shape index (κ3) is 6.85. The predicted molar refractivity (Wildman–Crippen MR) is 153 cm³/mol. The zero-order chi connectivity index (χ0) is 29.5. The van der Waals surface area contributed by atoms with E-state index in [2.05, 4.69) is 5.32 Å². The summed E-state index contributed by atoms with van der Waals surface area (Å²) in [6, 6.07) is 20.6. The first-order valence-corrected chi connectivity index (χ1v) is 14.8. The Balaban J connectivity index is 1.30. The largest absolute Gasteiger partial charge is 0.497 e. The summed E-state index contributed by atoms with van der Waals surface area (Å²) in [5.74, 6) is 1.17. The van der Waals surface area contributed by atoms with Gasteiger partial charge in [-0.1, -0.05) is 24.3 Å². The quantitative estimate of drug-likeness (QED) is 0.322. The number of allylic oxidation sites excluding steroid dienone is 1. The van der Waals surface area contributed by atoms with Crippen LogP contribution in [0.3, 0.4) is 0 Å². The van der Waals surface area contributed by atoms with Crippen LogP contribution in [-0.4, -0.2) is 70.2 Å². The third-order valence-electron chi connectivity index (χ3n) is 6.83. The first-order chi connectivity index (χ1) is 20.4. The number of nitrogens with zero attached hydrogens (tertiary/aromatic N) is 1. The van der Waals surface area contributed by atoms with E-state index in [1.165, 1.54) is 19.2 Å². The van der Waals surface area contributed by atoms with Gasteiger partial charge in [0.05, 0.1) is 25.2 Å². The van der Waals surface area contributed by atoms with Crippen LogP contribution in [0.2, 0.25) is 0 Å². The molecule has 0 saturated carbocycles. The number of amides is 1. The molecular weight excluding hydrogens is 564 g/mol. The summed E-state index contributed by atoms with van der Waals surface area (Å²) >= 11 is 0. The maximum absolute atomic E-state index is 13.3. The number of carbonyl (C=O) groups excluding carboxylic acids is 1. The highest BCUT2D eigenvalue weighted by molar-refractivity contribution is 7.89. The number of sulfonamides is 1.